The number of pyridine rings is 1. The number of hydrogen-bond acceptors (Lipinski definition) is 5. The maximum absolute atomic E-state index is 15.7. The lowest BCUT2D eigenvalue weighted by atomic mass is 9.72. The van der Waals surface area contributed by atoms with E-state index in [-0.39, 0.29) is 31.0 Å². The molecule has 1 saturated heterocycles. The number of carbonyl (C=O) groups excluding carboxylic acids is 1. The molecule has 0 unspecified atom stereocenters. The van der Waals surface area contributed by atoms with Crippen molar-refractivity contribution in [3.63, 3.8) is 0 Å². The Kier molecular flexibility index (Phi) is 9.33. The van der Waals surface area contributed by atoms with Crippen LogP contribution in [0.1, 0.15) is 47.2 Å². The minimum absolute atomic E-state index is 0.117. The number of benzene rings is 3. The van der Waals surface area contributed by atoms with Gasteiger partial charge in [0.2, 0.25) is 0 Å². The molecule has 5 rings (SSSR count). The second-order valence-corrected chi connectivity index (χ2v) is 11.2. The molecule has 0 aliphatic carbocycles. The average Bonchev–Trinajstić information content (AvgIpc) is 3.03. The van der Waals surface area contributed by atoms with Crippen molar-refractivity contribution in [2.45, 2.75) is 37.8 Å². The van der Waals surface area contributed by atoms with Crippen LogP contribution in [0.25, 0.3) is 22.0 Å². The first kappa shape index (κ1) is 30.1. The largest absolute Gasteiger partial charge is 0.465 e. The maximum Gasteiger partial charge on any atom is 0.404 e. The molecule has 9 heteroatoms. The van der Waals surface area contributed by atoms with Crippen LogP contribution < -0.4 is 10.6 Å². The molecule has 0 radical (unpaired) electrons. The zero-order valence-electron chi connectivity index (χ0n) is 24.2. The predicted molar refractivity (Wildman–Crippen MR) is 164 cm³/mol. The predicted octanol–water partition coefficient (Wildman–Crippen LogP) is 5.55. The number of piperidine rings is 1. The van der Waals surface area contributed by atoms with Crippen molar-refractivity contribution in [3.8, 4) is 11.1 Å². The normalized spacial score (nSPS) is 16.5. The molecule has 0 saturated carbocycles. The third kappa shape index (κ3) is 6.68. The number of hydrogen-bond donors (Lipinski definition) is 4. The van der Waals surface area contributed by atoms with Gasteiger partial charge in [-0.2, -0.15) is 0 Å². The molecule has 4 N–H and O–H groups in total. The Hall–Kier alpha value is -4.34. The molecule has 43 heavy (non-hydrogen) atoms. The Bertz CT molecular complexity index is 1600. The van der Waals surface area contributed by atoms with Gasteiger partial charge in [0.1, 0.15) is 5.82 Å². The lowest BCUT2D eigenvalue weighted by Crippen LogP contribution is -2.48. The van der Waals surface area contributed by atoms with Gasteiger partial charge in [-0.1, -0.05) is 42.5 Å². The van der Waals surface area contributed by atoms with Gasteiger partial charge in [0.15, 0.2) is 0 Å². The molecule has 8 nitrogen and oxygen atoms in total. The number of amides is 2. The van der Waals surface area contributed by atoms with E-state index in [1.807, 2.05) is 61.6 Å². The molecule has 2 amide bonds. The zero-order chi connectivity index (χ0) is 30.4. The highest BCUT2D eigenvalue weighted by Gasteiger charge is 2.43. The van der Waals surface area contributed by atoms with Gasteiger partial charge >= 0.3 is 6.09 Å². The first-order valence-corrected chi connectivity index (χ1v) is 14.7. The number of likely N-dealkylation sites (tertiary alicyclic amines) is 1. The summed E-state index contributed by atoms with van der Waals surface area (Å²) in [6.45, 7) is 1.67. The summed E-state index contributed by atoms with van der Waals surface area (Å²) in [6, 6.07) is 21.6. The van der Waals surface area contributed by atoms with E-state index >= 15 is 4.39 Å². The first-order valence-electron chi connectivity index (χ1n) is 14.7. The molecule has 2 heterocycles. The molecule has 1 aliphatic heterocycles. The van der Waals surface area contributed by atoms with Gasteiger partial charge in [-0.25, -0.2) is 9.18 Å². The first-order chi connectivity index (χ1) is 20.8. The van der Waals surface area contributed by atoms with E-state index in [0.717, 1.165) is 16.5 Å². The van der Waals surface area contributed by atoms with E-state index in [4.69, 9.17) is 5.11 Å². The Labute approximate surface area is 250 Å². The lowest BCUT2D eigenvalue weighted by Gasteiger charge is -2.43. The van der Waals surface area contributed by atoms with E-state index in [2.05, 4.69) is 15.6 Å². The summed E-state index contributed by atoms with van der Waals surface area (Å²) in [5, 5.41) is 28.0. The van der Waals surface area contributed by atoms with Crippen LogP contribution in [0, 0.1) is 11.7 Å². The van der Waals surface area contributed by atoms with Crippen LogP contribution in [-0.2, 0) is 12.1 Å². The van der Waals surface area contributed by atoms with Crippen molar-refractivity contribution < 1.29 is 24.2 Å². The number of aliphatic hydroxyl groups is 1. The highest BCUT2D eigenvalue weighted by molar-refractivity contribution is 5.94. The van der Waals surface area contributed by atoms with E-state index in [1.165, 1.54) is 6.07 Å². The summed E-state index contributed by atoms with van der Waals surface area (Å²) in [6.07, 6.45) is 2.27. The van der Waals surface area contributed by atoms with Gasteiger partial charge in [-0.05, 0) is 74.2 Å². The molecule has 4 aromatic rings. The smallest absolute Gasteiger partial charge is 0.404 e. The fourth-order valence-corrected chi connectivity index (χ4v) is 6.20. The summed E-state index contributed by atoms with van der Waals surface area (Å²) < 4.78 is 15.7. The van der Waals surface area contributed by atoms with Gasteiger partial charge < -0.3 is 25.7 Å². The van der Waals surface area contributed by atoms with Gasteiger partial charge in [0.25, 0.3) is 5.91 Å². The number of rotatable bonds is 10. The van der Waals surface area contributed by atoms with Crippen molar-refractivity contribution in [3.05, 3.63) is 102 Å². The van der Waals surface area contributed by atoms with Crippen LogP contribution in [0.5, 0.6) is 0 Å². The number of nitrogens with zero attached hydrogens (tertiary/aromatic N) is 2. The molecule has 0 bridgehead atoms. The van der Waals surface area contributed by atoms with Crippen LogP contribution in [-0.4, -0.2) is 58.8 Å². The standard InChI is InChI=1S/C34H37FN4O4/c1-36-20-23-12-14-24(15-13-23)32(40)39-18-5-8-27(22-39)34(43,16-6-17-37-33(41)42)28-9-4-10-29(35)31(28)26-19-25-7-2-3-11-30(25)38-21-26/h2-4,7,9-15,19,21,27,36-37,43H,5-6,8,16-18,20,22H2,1H3,(H,41,42)/t27-,34+/m1/s1. The van der Waals surface area contributed by atoms with Crippen LogP contribution in [0.2, 0.25) is 0 Å². The van der Waals surface area contributed by atoms with E-state index in [9.17, 15) is 14.7 Å². The molecular weight excluding hydrogens is 547 g/mol. The minimum Gasteiger partial charge on any atom is -0.465 e. The lowest BCUT2D eigenvalue weighted by molar-refractivity contribution is -0.0564. The monoisotopic (exact) mass is 584 g/mol. The molecule has 1 aromatic heterocycles. The number of carbonyl (C=O) groups is 2. The Morgan fingerprint density at radius 2 is 1.88 bits per heavy atom. The van der Waals surface area contributed by atoms with Crippen LogP contribution in [0.4, 0.5) is 9.18 Å². The third-order valence-electron chi connectivity index (χ3n) is 8.34. The topological polar surface area (TPSA) is 115 Å². The second-order valence-electron chi connectivity index (χ2n) is 11.2. The number of para-hydroxylation sites is 1. The van der Waals surface area contributed by atoms with Gasteiger partial charge in [-0.15, -0.1) is 0 Å². The Balaban J connectivity index is 1.51. The number of fused-ring (bicyclic) bond motifs is 1. The molecule has 224 valence electrons. The van der Waals surface area contributed by atoms with Crippen LogP contribution in [0.3, 0.4) is 0 Å². The molecule has 1 fully saturated rings. The Morgan fingerprint density at radius 3 is 2.65 bits per heavy atom. The number of carboxylic acid groups (broad SMARTS) is 1. The molecule has 1 aliphatic rings. The quantitative estimate of drug-likeness (QED) is 0.182. The van der Waals surface area contributed by atoms with E-state index in [0.29, 0.717) is 49.0 Å². The average molecular weight is 585 g/mol. The zero-order valence-corrected chi connectivity index (χ0v) is 24.2. The van der Waals surface area contributed by atoms with E-state index < -0.39 is 23.4 Å². The van der Waals surface area contributed by atoms with Gasteiger partial charge in [0.05, 0.1) is 11.1 Å². The number of nitrogens with one attached hydrogen (secondary N) is 2. The van der Waals surface area contributed by atoms with Crippen LogP contribution >= 0.6 is 0 Å². The van der Waals surface area contributed by atoms with Crippen molar-refractivity contribution in [1.29, 1.82) is 0 Å². The minimum atomic E-state index is -1.54. The molecule has 0 spiro atoms. The maximum atomic E-state index is 15.7. The van der Waals surface area contributed by atoms with Gasteiger partial charge in [-0.3, -0.25) is 9.78 Å². The Morgan fingerprint density at radius 1 is 1.09 bits per heavy atom. The second kappa shape index (κ2) is 13.3. The van der Waals surface area contributed by atoms with E-state index in [1.54, 1.807) is 23.2 Å². The highest BCUT2D eigenvalue weighted by Crippen LogP contribution is 2.44. The molecule has 3 aromatic carbocycles. The van der Waals surface area contributed by atoms with Gasteiger partial charge in [0, 0.05) is 60.4 Å². The van der Waals surface area contributed by atoms with Crippen molar-refractivity contribution in [2.24, 2.45) is 5.92 Å². The third-order valence-corrected chi connectivity index (χ3v) is 8.34. The summed E-state index contributed by atoms with van der Waals surface area (Å²) in [5.74, 6) is -1.01. The fourth-order valence-electron chi connectivity index (χ4n) is 6.20. The highest BCUT2D eigenvalue weighted by atomic mass is 19.1. The van der Waals surface area contributed by atoms with Crippen molar-refractivity contribution >= 4 is 22.9 Å². The summed E-state index contributed by atoms with van der Waals surface area (Å²) in [5.41, 5.74) is 2.09. The summed E-state index contributed by atoms with van der Waals surface area (Å²) >= 11 is 0. The molecule has 2 atom stereocenters. The van der Waals surface area contributed by atoms with Crippen LogP contribution in [0.15, 0.2) is 79.0 Å². The number of halogens is 1. The van der Waals surface area contributed by atoms with Crippen molar-refractivity contribution in [1.82, 2.24) is 20.5 Å². The van der Waals surface area contributed by atoms with Crippen molar-refractivity contribution in [2.75, 3.05) is 26.7 Å². The fraction of sp³-hybridized carbons (Fsp3) is 0.324. The molecular formula is C34H37FN4O4. The summed E-state index contributed by atoms with van der Waals surface area (Å²) in [7, 11) is 1.87. The summed E-state index contributed by atoms with van der Waals surface area (Å²) in [4.78, 5) is 31.0. The SMILES string of the molecule is CNCc1ccc(C(=O)N2CCC[C@@H]([C@@](O)(CCCNC(=O)O)c3cccc(F)c3-c3cnc4ccccc4c3)C2)cc1. The number of aromatic nitrogens is 1.